The molecule has 0 radical (unpaired) electrons. The molecule has 0 saturated carbocycles. The van der Waals surface area contributed by atoms with Crippen molar-refractivity contribution in [2.24, 2.45) is 4.99 Å². The zero-order chi connectivity index (χ0) is 30.7. The fraction of sp³-hybridized carbons (Fsp3) is 0.250. The van der Waals surface area contributed by atoms with E-state index in [9.17, 15) is 18.0 Å². The number of nitrogens with zero attached hydrogens (tertiary/aromatic N) is 5. The fourth-order valence-electron chi connectivity index (χ4n) is 4.65. The number of carbonyl (C=O) groups is 1. The predicted octanol–water partition coefficient (Wildman–Crippen LogP) is 7.49. The van der Waals surface area contributed by atoms with Crippen molar-refractivity contribution in [2.75, 3.05) is 0 Å². The van der Waals surface area contributed by atoms with Gasteiger partial charge < -0.3 is 4.74 Å². The Hall–Kier alpha value is -4.51. The zero-order valence-electron chi connectivity index (χ0n) is 24.1. The molecule has 43 heavy (non-hydrogen) atoms. The Bertz CT molecular complexity index is 1800. The molecular weight excluding hydrogens is 575 g/mol. The van der Waals surface area contributed by atoms with Gasteiger partial charge in [-0.1, -0.05) is 50.2 Å². The van der Waals surface area contributed by atoms with E-state index in [4.69, 9.17) is 0 Å². The number of amides is 1. The van der Waals surface area contributed by atoms with Gasteiger partial charge in [-0.3, -0.25) is 9.36 Å². The molecule has 5 aromatic rings. The lowest BCUT2D eigenvalue weighted by Gasteiger charge is -2.16. The minimum absolute atomic E-state index is 0.189. The van der Waals surface area contributed by atoms with Crippen LogP contribution in [0.3, 0.4) is 0 Å². The van der Waals surface area contributed by atoms with Crippen molar-refractivity contribution in [3.8, 4) is 28.5 Å². The van der Waals surface area contributed by atoms with Gasteiger partial charge in [0, 0.05) is 23.1 Å². The lowest BCUT2D eigenvalue weighted by Crippen LogP contribution is -2.18. The molecule has 7 nitrogen and oxygen atoms in total. The third-order valence-electron chi connectivity index (χ3n) is 6.81. The summed E-state index contributed by atoms with van der Waals surface area (Å²) in [7, 11) is 0. The molecular formula is C32H30F3N5O2S. The maximum atomic E-state index is 12.9. The minimum atomic E-state index is -4.75. The Morgan fingerprint density at radius 2 is 1.74 bits per heavy atom. The minimum Gasteiger partial charge on any atom is -0.406 e. The van der Waals surface area contributed by atoms with Crippen LogP contribution in [0.25, 0.3) is 22.8 Å². The molecule has 2 aromatic heterocycles. The Morgan fingerprint density at radius 1 is 1.02 bits per heavy atom. The van der Waals surface area contributed by atoms with Crippen LogP contribution in [0.2, 0.25) is 0 Å². The number of benzene rings is 3. The Balaban J connectivity index is 1.25. The second-order valence-electron chi connectivity index (χ2n) is 10.5. The van der Waals surface area contributed by atoms with Crippen LogP contribution in [0.15, 0.2) is 83.4 Å². The maximum Gasteiger partial charge on any atom is 0.573 e. The van der Waals surface area contributed by atoms with Crippen molar-refractivity contribution >= 4 is 17.2 Å². The number of aryl methyl sites for hydroxylation is 3. The predicted molar refractivity (Wildman–Crippen MR) is 160 cm³/mol. The number of halogens is 3. The number of thiazole rings is 1. The molecule has 0 bridgehead atoms. The van der Waals surface area contributed by atoms with Gasteiger partial charge in [0.15, 0.2) is 10.6 Å². The number of hydrogen-bond acceptors (Lipinski definition) is 5. The van der Waals surface area contributed by atoms with Crippen LogP contribution >= 0.6 is 11.3 Å². The topological polar surface area (TPSA) is 74.3 Å². The van der Waals surface area contributed by atoms with Gasteiger partial charge in [0.05, 0.1) is 11.4 Å². The lowest BCUT2D eigenvalue weighted by molar-refractivity contribution is -0.274. The molecule has 5 rings (SSSR count). The average molecular weight is 606 g/mol. The van der Waals surface area contributed by atoms with Crippen LogP contribution in [0.5, 0.6) is 5.75 Å². The lowest BCUT2D eigenvalue weighted by atomic mass is 9.99. The summed E-state index contributed by atoms with van der Waals surface area (Å²) in [6.45, 7) is 8.40. The number of rotatable bonds is 8. The summed E-state index contributed by atoms with van der Waals surface area (Å²) in [6, 6.07) is 19.3. The molecule has 3 aromatic carbocycles. The summed E-state index contributed by atoms with van der Waals surface area (Å²) < 4.78 is 44.7. The molecule has 0 spiro atoms. The van der Waals surface area contributed by atoms with Gasteiger partial charge in [-0.25, -0.2) is 9.67 Å². The SMILES string of the molecule is Cc1ccc(C(C)C)c(-n2c(C)csc2=NC(=O)CCc2ccc(-c3ncn(-c4ccc(OC(F)(F)F)cc4)n3)cc2)c1. The van der Waals surface area contributed by atoms with Crippen LogP contribution in [-0.4, -0.2) is 31.6 Å². The molecule has 1 amide bonds. The van der Waals surface area contributed by atoms with Crippen molar-refractivity contribution in [1.82, 2.24) is 19.3 Å². The molecule has 0 atom stereocenters. The first kappa shape index (κ1) is 30.0. The van der Waals surface area contributed by atoms with E-state index in [-0.39, 0.29) is 18.1 Å². The first-order valence-corrected chi connectivity index (χ1v) is 14.6. The number of ether oxygens (including phenoxy) is 1. The van der Waals surface area contributed by atoms with Gasteiger partial charge in [-0.15, -0.1) is 29.6 Å². The normalized spacial score (nSPS) is 12.2. The molecule has 0 N–H and O–H groups in total. The highest BCUT2D eigenvalue weighted by Gasteiger charge is 2.31. The van der Waals surface area contributed by atoms with Crippen molar-refractivity contribution in [3.05, 3.63) is 106 Å². The highest BCUT2D eigenvalue weighted by atomic mass is 32.1. The van der Waals surface area contributed by atoms with Gasteiger partial charge in [-0.2, -0.15) is 4.99 Å². The van der Waals surface area contributed by atoms with Crippen LogP contribution in [0.4, 0.5) is 13.2 Å². The highest BCUT2D eigenvalue weighted by molar-refractivity contribution is 7.07. The molecule has 0 saturated heterocycles. The third-order valence-corrected chi connectivity index (χ3v) is 7.76. The second-order valence-corrected chi connectivity index (χ2v) is 11.3. The molecule has 11 heteroatoms. The van der Waals surface area contributed by atoms with E-state index in [0.717, 1.165) is 28.1 Å². The van der Waals surface area contributed by atoms with Crippen molar-refractivity contribution < 1.29 is 22.7 Å². The van der Waals surface area contributed by atoms with E-state index < -0.39 is 6.36 Å². The molecule has 0 aliphatic heterocycles. The fourth-order valence-corrected chi connectivity index (χ4v) is 5.54. The van der Waals surface area contributed by atoms with E-state index in [1.165, 1.54) is 52.2 Å². The summed E-state index contributed by atoms with van der Waals surface area (Å²) >= 11 is 1.46. The van der Waals surface area contributed by atoms with Crippen LogP contribution < -0.4 is 9.54 Å². The van der Waals surface area contributed by atoms with E-state index in [0.29, 0.717) is 28.7 Å². The molecule has 0 fully saturated rings. The number of carbonyl (C=O) groups excluding carboxylic acids is 1. The summed E-state index contributed by atoms with van der Waals surface area (Å²) in [5.41, 5.74) is 6.72. The Labute approximate surface area is 251 Å². The van der Waals surface area contributed by atoms with Crippen molar-refractivity contribution in [1.29, 1.82) is 0 Å². The molecule has 2 heterocycles. The van der Waals surface area contributed by atoms with E-state index in [1.807, 2.05) is 36.6 Å². The first-order valence-electron chi connectivity index (χ1n) is 13.7. The summed E-state index contributed by atoms with van der Waals surface area (Å²) in [5, 5.41) is 6.45. The number of hydrogen-bond donors (Lipinski definition) is 0. The quantitative estimate of drug-likeness (QED) is 0.184. The highest BCUT2D eigenvalue weighted by Crippen LogP contribution is 2.26. The summed E-state index contributed by atoms with van der Waals surface area (Å²) in [5.74, 6) is 0.286. The van der Waals surface area contributed by atoms with Crippen molar-refractivity contribution in [2.45, 2.75) is 52.8 Å². The smallest absolute Gasteiger partial charge is 0.406 e. The van der Waals surface area contributed by atoms with Crippen LogP contribution in [0, 0.1) is 13.8 Å². The Morgan fingerprint density at radius 3 is 2.42 bits per heavy atom. The zero-order valence-corrected chi connectivity index (χ0v) is 24.9. The molecule has 0 unspecified atom stereocenters. The van der Waals surface area contributed by atoms with E-state index >= 15 is 0 Å². The summed E-state index contributed by atoms with van der Waals surface area (Å²) in [6.07, 6.45) is -2.46. The molecule has 0 aliphatic carbocycles. The van der Waals surface area contributed by atoms with Gasteiger partial charge in [0.2, 0.25) is 5.91 Å². The van der Waals surface area contributed by atoms with Crippen LogP contribution in [0.1, 0.15) is 48.6 Å². The van der Waals surface area contributed by atoms with Crippen LogP contribution in [-0.2, 0) is 11.2 Å². The third kappa shape index (κ3) is 7.29. The summed E-state index contributed by atoms with van der Waals surface area (Å²) in [4.78, 5) is 22.4. The molecule has 222 valence electrons. The van der Waals surface area contributed by atoms with Crippen molar-refractivity contribution in [3.63, 3.8) is 0 Å². The monoisotopic (exact) mass is 605 g/mol. The standard InChI is InChI=1S/C32H30F3N5O2S/c1-20(2)27-15-5-21(3)17-28(27)40-22(4)18-43-31(40)37-29(41)16-8-23-6-9-24(10-7-23)30-36-19-39(38-30)25-11-13-26(14-12-25)42-32(33,34)35/h5-7,9-15,17-20H,8,16H2,1-4H3. The number of alkyl halides is 3. The van der Waals surface area contributed by atoms with Gasteiger partial charge in [0.25, 0.3) is 0 Å². The second kappa shape index (κ2) is 12.4. The van der Waals surface area contributed by atoms with Gasteiger partial charge in [-0.05, 0) is 73.2 Å². The van der Waals surface area contributed by atoms with E-state index in [2.05, 4.69) is 63.3 Å². The van der Waals surface area contributed by atoms with Gasteiger partial charge in [0.1, 0.15) is 12.1 Å². The maximum absolute atomic E-state index is 12.9. The van der Waals surface area contributed by atoms with Gasteiger partial charge >= 0.3 is 6.36 Å². The first-order chi connectivity index (χ1) is 20.5. The largest absolute Gasteiger partial charge is 0.573 e. The Kier molecular flexibility index (Phi) is 8.63. The number of aromatic nitrogens is 4. The average Bonchev–Trinajstić information content (AvgIpc) is 3.58. The van der Waals surface area contributed by atoms with E-state index in [1.54, 1.807) is 0 Å². The molecule has 0 aliphatic rings.